The smallest absolute Gasteiger partial charge is 0.253 e. The van der Waals surface area contributed by atoms with Crippen molar-refractivity contribution in [3.05, 3.63) is 32.9 Å². The first-order valence-corrected chi connectivity index (χ1v) is 8.88. The molecule has 1 aliphatic carbocycles. The molecule has 1 saturated heterocycles. The van der Waals surface area contributed by atoms with E-state index in [1.54, 1.807) is 0 Å². The van der Waals surface area contributed by atoms with Crippen LogP contribution in [0, 0.1) is 16.4 Å². The fraction of sp³-hybridized carbons (Fsp3) is 0.588. The van der Waals surface area contributed by atoms with Gasteiger partial charge in [-0.3, -0.25) is 4.79 Å². The van der Waals surface area contributed by atoms with Gasteiger partial charge in [-0.05, 0) is 78.8 Å². The summed E-state index contributed by atoms with van der Waals surface area (Å²) in [5.74, 6) is 0.871. The molecule has 1 amide bonds. The highest BCUT2D eigenvalue weighted by Crippen LogP contribution is 2.31. The summed E-state index contributed by atoms with van der Waals surface area (Å²) < 4.78 is 6.87. The number of ether oxygens (including phenoxy) is 1. The molecule has 0 unspecified atom stereocenters. The van der Waals surface area contributed by atoms with Gasteiger partial charge in [0.1, 0.15) is 0 Å². The predicted octanol–water partition coefficient (Wildman–Crippen LogP) is 3.63. The number of benzene rings is 1. The molecule has 3 rings (SSSR count). The van der Waals surface area contributed by atoms with Crippen LogP contribution in [0.1, 0.15) is 41.6 Å². The predicted molar refractivity (Wildman–Crippen MR) is 91.5 cm³/mol. The minimum absolute atomic E-state index is 0.162. The van der Waals surface area contributed by atoms with Crippen LogP contribution >= 0.6 is 22.6 Å². The number of halogens is 1. The lowest BCUT2D eigenvalue weighted by Gasteiger charge is -2.25. The second kappa shape index (κ2) is 6.65. The Hall–Kier alpha value is -0.620. The molecule has 0 radical (unpaired) electrons. The van der Waals surface area contributed by atoms with Crippen LogP contribution in [0.3, 0.4) is 0 Å². The molecular weight excluding hydrogens is 377 g/mol. The van der Waals surface area contributed by atoms with Crippen LogP contribution in [-0.2, 0) is 4.74 Å². The lowest BCUT2D eigenvalue weighted by atomic mass is 10.1. The fourth-order valence-electron chi connectivity index (χ4n) is 2.80. The highest BCUT2D eigenvalue weighted by Gasteiger charge is 2.30. The molecule has 3 nitrogen and oxygen atoms in total. The van der Waals surface area contributed by atoms with E-state index in [4.69, 9.17) is 4.74 Å². The molecule has 1 heterocycles. The quantitative estimate of drug-likeness (QED) is 0.708. The van der Waals surface area contributed by atoms with Gasteiger partial charge in [-0.25, -0.2) is 0 Å². The third kappa shape index (κ3) is 3.97. The van der Waals surface area contributed by atoms with Gasteiger partial charge in [0, 0.05) is 28.8 Å². The normalized spacial score (nSPS) is 21.5. The molecule has 21 heavy (non-hydrogen) atoms. The molecule has 1 saturated carbocycles. The van der Waals surface area contributed by atoms with Crippen molar-refractivity contribution in [2.75, 3.05) is 19.7 Å². The van der Waals surface area contributed by atoms with Crippen molar-refractivity contribution in [1.82, 2.24) is 4.90 Å². The summed E-state index contributed by atoms with van der Waals surface area (Å²) in [6.07, 6.45) is 4.97. The third-order valence-corrected chi connectivity index (χ3v) is 5.49. The summed E-state index contributed by atoms with van der Waals surface area (Å²) in [5, 5.41) is 0. The molecule has 1 aromatic carbocycles. The number of amides is 1. The Morgan fingerprint density at radius 2 is 2.14 bits per heavy atom. The molecule has 0 N–H and O–H groups in total. The van der Waals surface area contributed by atoms with Crippen LogP contribution in [0.2, 0.25) is 0 Å². The number of aryl methyl sites for hydroxylation is 1. The van der Waals surface area contributed by atoms with E-state index < -0.39 is 0 Å². The monoisotopic (exact) mass is 399 g/mol. The van der Waals surface area contributed by atoms with Crippen molar-refractivity contribution in [2.45, 2.75) is 38.7 Å². The zero-order valence-electron chi connectivity index (χ0n) is 12.5. The second-order valence-corrected chi connectivity index (χ2v) is 7.41. The molecular formula is C17H22INO2. The van der Waals surface area contributed by atoms with Crippen LogP contribution in [0.5, 0.6) is 0 Å². The number of rotatable bonds is 5. The molecule has 0 spiro atoms. The fourth-order valence-corrected chi connectivity index (χ4v) is 3.31. The van der Waals surface area contributed by atoms with Crippen molar-refractivity contribution >= 4 is 28.5 Å². The van der Waals surface area contributed by atoms with Gasteiger partial charge in [0.2, 0.25) is 0 Å². The summed E-state index contributed by atoms with van der Waals surface area (Å²) in [7, 11) is 0. The van der Waals surface area contributed by atoms with E-state index in [0.29, 0.717) is 5.92 Å². The molecule has 2 fully saturated rings. The second-order valence-electron chi connectivity index (χ2n) is 6.25. The van der Waals surface area contributed by atoms with Gasteiger partial charge in [0.05, 0.1) is 6.10 Å². The first-order valence-electron chi connectivity index (χ1n) is 7.80. The Morgan fingerprint density at radius 3 is 2.76 bits per heavy atom. The molecule has 4 heteroatoms. The molecule has 1 atom stereocenters. The van der Waals surface area contributed by atoms with E-state index in [9.17, 15) is 4.79 Å². The SMILES string of the molecule is Cc1ccc(C(=O)N(CC2CC2)C[C@@H]2CCCO2)cc1I. The van der Waals surface area contributed by atoms with Gasteiger partial charge in [0.25, 0.3) is 5.91 Å². The van der Waals surface area contributed by atoms with Crippen molar-refractivity contribution in [1.29, 1.82) is 0 Å². The maximum atomic E-state index is 12.8. The van der Waals surface area contributed by atoms with E-state index in [-0.39, 0.29) is 12.0 Å². The number of carbonyl (C=O) groups is 1. The Balaban J connectivity index is 1.73. The number of hydrogen-bond donors (Lipinski definition) is 0. The largest absolute Gasteiger partial charge is 0.376 e. The average Bonchev–Trinajstić information content (AvgIpc) is 3.14. The zero-order valence-corrected chi connectivity index (χ0v) is 14.6. The maximum Gasteiger partial charge on any atom is 0.253 e. The van der Waals surface area contributed by atoms with Gasteiger partial charge >= 0.3 is 0 Å². The Labute approximate surface area is 140 Å². The summed E-state index contributed by atoms with van der Waals surface area (Å²) in [6, 6.07) is 6.00. The maximum absolute atomic E-state index is 12.8. The molecule has 0 bridgehead atoms. The molecule has 0 aromatic heterocycles. The number of hydrogen-bond acceptors (Lipinski definition) is 2. The summed E-state index contributed by atoms with van der Waals surface area (Å²) in [5.41, 5.74) is 2.03. The van der Waals surface area contributed by atoms with Crippen LogP contribution in [0.25, 0.3) is 0 Å². The Morgan fingerprint density at radius 1 is 1.33 bits per heavy atom. The van der Waals surface area contributed by atoms with E-state index in [0.717, 1.165) is 41.7 Å². The highest BCUT2D eigenvalue weighted by molar-refractivity contribution is 14.1. The average molecular weight is 399 g/mol. The lowest BCUT2D eigenvalue weighted by Crippen LogP contribution is -2.38. The molecule has 1 aromatic rings. The van der Waals surface area contributed by atoms with E-state index in [1.807, 2.05) is 23.1 Å². The Bertz CT molecular complexity index is 522. The third-order valence-electron chi connectivity index (χ3n) is 4.33. The van der Waals surface area contributed by atoms with Gasteiger partial charge in [-0.1, -0.05) is 6.07 Å². The van der Waals surface area contributed by atoms with Crippen molar-refractivity contribution in [2.24, 2.45) is 5.92 Å². The topological polar surface area (TPSA) is 29.5 Å². The first-order chi connectivity index (χ1) is 10.1. The van der Waals surface area contributed by atoms with Gasteiger partial charge in [-0.2, -0.15) is 0 Å². The summed E-state index contributed by atoms with van der Waals surface area (Å²) in [6.45, 7) is 4.56. The summed E-state index contributed by atoms with van der Waals surface area (Å²) >= 11 is 2.30. The first kappa shape index (κ1) is 15.3. The van der Waals surface area contributed by atoms with E-state index in [1.165, 1.54) is 18.4 Å². The van der Waals surface area contributed by atoms with Gasteiger partial charge in [-0.15, -0.1) is 0 Å². The van der Waals surface area contributed by atoms with E-state index in [2.05, 4.69) is 29.5 Å². The molecule has 1 aliphatic heterocycles. The van der Waals surface area contributed by atoms with Gasteiger partial charge < -0.3 is 9.64 Å². The summed E-state index contributed by atoms with van der Waals surface area (Å²) in [4.78, 5) is 14.8. The number of carbonyl (C=O) groups excluding carboxylic acids is 1. The molecule has 114 valence electrons. The van der Waals surface area contributed by atoms with E-state index >= 15 is 0 Å². The van der Waals surface area contributed by atoms with Crippen LogP contribution < -0.4 is 0 Å². The van der Waals surface area contributed by atoms with Crippen molar-refractivity contribution in [3.8, 4) is 0 Å². The lowest BCUT2D eigenvalue weighted by molar-refractivity contribution is 0.0515. The van der Waals surface area contributed by atoms with Crippen LogP contribution in [0.4, 0.5) is 0 Å². The minimum atomic E-state index is 0.162. The zero-order chi connectivity index (χ0) is 14.8. The van der Waals surface area contributed by atoms with Crippen LogP contribution in [0.15, 0.2) is 18.2 Å². The number of nitrogens with zero attached hydrogens (tertiary/aromatic N) is 1. The molecule has 2 aliphatic rings. The highest BCUT2D eigenvalue weighted by atomic mass is 127. The minimum Gasteiger partial charge on any atom is -0.376 e. The van der Waals surface area contributed by atoms with Crippen molar-refractivity contribution < 1.29 is 9.53 Å². The standard InChI is InChI=1S/C17H22INO2/c1-12-4-7-14(9-16(12)18)17(20)19(10-13-5-6-13)11-15-3-2-8-21-15/h4,7,9,13,15H,2-3,5-6,8,10-11H2,1H3/t15-/m0/s1. The Kier molecular flexibility index (Phi) is 4.84. The van der Waals surface area contributed by atoms with Gasteiger partial charge in [0.15, 0.2) is 0 Å². The van der Waals surface area contributed by atoms with Crippen LogP contribution in [-0.4, -0.2) is 36.6 Å². The van der Waals surface area contributed by atoms with Crippen molar-refractivity contribution in [3.63, 3.8) is 0 Å².